The van der Waals surface area contributed by atoms with Gasteiger partial charge in [-0.15, -0.1) is 11.3 Å². The Morgan fingerprint density at radius 2 is 1.96 bits per heavy atom. The van der Waals surface area contributed by atoms with E-state index in [1.165, 1.54) is 11.3 Å². The lowest BCUT2D eigenvalue weighted by Gasteiger charge is -2.00. The fourth-order valence-electron chi connectivity index (χ4n) is 2.50. The molecule has 3 aromatic heterocycles. The summed E-state index contributed by atoms with van der Waals surface area (Å²) in [5, 5.41) is 5.30. The van der Waals surface area contributed by atoms with E-state index in [0.717, 1.165) is 28.2 Å². The Morgan fingerprint density at radius 1 is 1.08 bits per heavy atom. The Morgan fingerprint density at radius 3 is 2.80 bits per heavy atom. The zero-order chi connectivity index (χ0) is 17.1. The topological polar surface area (TPSA) is 83.6 Å². The fourth-order valence-corrected chi connectivity index (χ4v) is 3.22. The number of H-pyrrole nitrogens is 1. The molecule has 0 bridgehead atoms. The van der Waals surface area contributed by atoms with Gasteiger partial charge in [0.15, 0.2) is 5.13 Å². The third-order valence-electron chi connectivity index (χ3n) is 3.71. The van der Waals surface area contributed by atoms with E-state index in [4.69, 9.17) is 0 Å². The number of carbonyl (C=O) groups is 1. The highest BCUT2D eigenvalue weighted by molar-refractivity contribution is 7.14. The molecule has 7 heteroatoms. The average molecular weight is 349 g/mol. The zero-order valence-electron chi connectivity index (χ0n) is 13.3. The molecule has 0 unspecified atom stereocenters. The molecule has 124 valence electrons. The molecule has 0 radical (unpaired) electrons. The van der Waals surface area contributed by atoms with Crippen molar-refractivity contribution in [1.82, 2.24) is 19.9 Å². The van der Waals surface area contributed by atoms with Gasteiger partial charge in [-0.1, -0.05) is 18.2 Å². The average Bonchev–Trinajstić information content (AvgIpc) is 3.27. The van der Waals surface area contributed by atoms with Crippen LogP contribution in [0.5, 0.6) is 0 Å². The van der Waals surface area contributed by atoms with Crippen LogP contribution in [0.4, 0.5) is 5.13 Å². The molecule has 0 saturated heterocycles. The monoisotopic (exact) mass is 349 g/mol. The molecule has 0 atom stereocenters. The Bertz CT molecular complexity index is 975. The first-order valence-corrected chi connectivity index (χ1v) is 8.76. The lowest BCUT2D eigenvalue weighted by atomic mass is 10.3. The molecule has 25 heavy (non-hydrogen) atoms. The SMILES string of the molecule is O=C(CCc1nc2ccccc2[nH]1)Nc1nc(-c2ccccn2)cs1. The maximum absolute atomic E-state index is 12.1. The van der Waals surface area contributed by atoms with Crippen LogP contribution in [-0.4, -0.2) is 25.8 Å². The molecule has 0 aliphatic carbocycles. The van der Waals surface area contributed by atoms with Crippen molar-refractivity contribution < 1.29 is 4.79 Å². The van der Waals surface area contributed by atoms with Gasteiger partial charge >= 0.3 is 0 Å². The maximum Gasteiger partial charge on any atom is 0.226 e. The quantitative estimate of drug-likeness (QED) is 0.576. The first-order chi connectivity index (χ1) is 12.3. The lowest BCUT2D eigenvalue weighted by molar-refractivity contribution is -0.116. The Hall–Kier alpha value is -3.06. The second-order valence-corrected chi connectivity index (χ2v) is 6.36. The predicted octanol–water partition coefficient (Wildman–Crippen LogP) is 3.65. The smallest absolute Gasteiger partial charge is 0.226 e. The molecule has 4 aromatic rings. The van der Waals surface area contributed by atoms with Gasteiger partial charge in [0.05, 0.1) is 16.7 Å². The fraction of sp³-hybridized carbons (Fsp3) is 0.111. The molecule has 1 aromatic carbocycles. The normalized spacial score (nSPS) is 10.9. The first-order valence-electron chi connectivity index (χ1n) is 7.88. The summed E-state index contributed by atoms with van der Waals surface area (Å²) in [5.41, 5.74) is 3.45. The molecular formula is C18H15N5OS. The van der Waals surface area contributed by atoms with Crippen molar-refractivity contribution in [2.45, 2.75) is 12.8 Å². The summed E-state index contributed by atoms with van der Waals surface area (Å²) in [5.74, 6) is 0.729. The third kappa shape index (κ3) is 3.56. The summed E-state index contributed by atoms with van der Waals surface area (Å²) in [7, 11) is 0. The van der Waals surface area contributed by atoms with Crippen molar-refractivity contribution in [2.75, 3.05) is 5.32 Å². The van der Waals surface area contributed by atoms with E-state index in [0.29, 0.717) is 18.0 Å². The highest BCUT2D eigenvalue weighted by Crippen LogP contribution is 2.23. The van der Waals surface area contributed by atoms with Crippen molar-refractivity contribution >= 4 is 33.4 Å². The Kier molecular flexibility index (Phi) is 4.22. The number of benzene rings is 1. The van der Waals surface area contributed by atoms with E-state index in [2.05, 4.69) is 25.3 Å². The number of para-hydroxylation sites is 2. The van der Waals surface area contributed by atoms with Crippen LogP contribution in [0.15, 0.2) is 54.0 Å². The number of aromatic nitrogens is 4. The van der Waals surface area contributed by atoms with Crippen LogP contribution in [0, 0.1) is 0 Å². The van der Waals surface area contributed by atoms with Crippen LogP contribution in [0.3, 0.4) is 0 Å². The largest absolute Gasteiger partial charge is 0.342 e. The van der Waals surface area contributed by atoms with E-state index in [1.807, 2.05) is 47.8 Å². The van der Waals surface area contributed by atoms with E-state index in [9.17, 15) is 4.79 Å². The van der Waals surface area contributed by atoms with E-state index >= 15 is 0 Å². The van der Waals surface area contributed by atoms with Crippen molar-refractivity contribution in [3.05, 3.63) is 59.9 Å². The number of pyridine rings is 1. The van der Waals surface area contributed by atoms with Crippen molar-refractivity contribution in [1.29, 1.82) is 0 Å². The Labute approximate surface area is 148 Å². The number of carbonyl (C=O) groups excluding carboxylic acids is 1. The van der Waals surface area contributed by atoms with Gasteiger partial charge in [-0.3, -0.25) is 9.78 Å². The molecule has 4 rings (SSSR count). The molecule has 0 fully saturated rings. The predicted molar refractivity (Wildman–Crippen MR) is 98.4 cm³/mol. The van der Waals surface area contributed by atoms with Gasteiger partial charge in [0.1, 0.15) is 11.5 Å². The number of aromatic amines is 1. The van der Waals surface area contributed by atoms with Gasteiger partial charge in [-0.05, 0) is 24.3 Å². The summed E-state index contributed by atoms with van der Waals surface area (Å²) >= 11 is 1.39. The minimum absolute atomic E-state index is 0.0811. The summed E-state index contributed by atoms with van der Waals surface area (Å²) in [6.45, 7) is 0. The highest BCUT2D eigenvalue weighted by atomic mass is 32.1. The van der Waals surface area contributed by atoms with Crippen LogP contribution in [0.25, 0.3) is 22.4 Å². The number of nitrogens with zero attached hydrogens (tertiary/aromatic N) is 3. The molecule has 6 nitrogen and oxygen atoms in total. The van der Waals surface area contributed by atoms with Crippen LogP contribution in [0.1, 0.15) is 12.2 Å². The van der Waals surface area contributed by atoms with Gasteiger partial charge in [-0.25, -0.2) is 9.97 Å². The van der Waals surface area contributed by atoms with Gasteiger partial charge < -0.3 is 10.3 Å². The molecule has 0 aliphatic heterocycles. The summed E-state index contributed by atoms with van der Waals surface area (Å²) < 4.78 is 0. The lowest BCUT2D eigenvalue weighted by Crippen LogP contribution is -2.12. The van der Waals surface area contributed by atoms with Crippen LogP contribution in [0.2, 0.25) is 0 Å². The maximum atomic E-state index is 12.1. The molecule has 0 spiro atoms. The third-order valence-corrected chi connectivity index (χ3v) is 4.46. The number of thiazole rings is 1. The second kappa shape index (κ2) is 6.82. The van der Waals surface area contributed by atoms with Crippen molar-refractivity contribution in [2.24, 2.45) is 0 Å². The molecule has 3 heterocycles. The number of hydrogen-bond donors (Lipinski definition) is 2. The number of anilines is 1. The van der Waals surface area contributed by atoms with Crippen molar-refractivity contribution in [3.63, 3.8) is 0 Å². The minimum atomic E-state index is -0.0811. The van der Waals surface area contributed by atoms with Gasteiger partial charge in [-0.2, -0.15) is 0 Å². The molecule has 1 amide bonds. The minimum Gasteiger partial charge on any atom is -0.342 e. The molecule has 2 N–H and O–H groups in total. The number of rotatable bonds is 5. The van der Waals surface area contributed by atoms with Crippen LogP contribution >= 0.6 is 11.3 Å². The van der Waals surface area contributed by atoms with Gasteiger partial charge in [0.2, 0.25) is 5.91 Å². The Balaban J connectivity index is 1.37. The first kappa shape index (κ1) is 15.5. The number of nitrogens with one attached hydrogen (secondary N) is 2. The number of hydrogen-bond acceptors (Lipinski definition) is 5. The number of amides is 1. The molecule has 0 aliphatic rings. The van der Waals surface area contributed by atoms with E-state index < -0.39 is 0 Å². The zero-order valence-corrected chi connectivity index (χ0v) is 14.1. The number of imidazole rings is 1. The van der Waals surface area contributed by atoms with E-state index in [-0.39, 0.29) is 5.91 Å². The molecule has 0 saturated carbocycles. The van der Waals surface area contributed by atoms with Crippen molar-refractivity contribution in [3.8, 4) is 11.4 Å². The number of aryl methyl sites for hydroxylation is 1. The van der Waals surface area contributed by atoms with Gasteiger partial charge in [0, 0.05) is 24.4 Å². The summed E-state index contributed by atoms with van der Waals surface area (Å²) in [4.78, 5) is 28.5. The standard InChI is InChI=1S/C18H15N5OS/c24-17(9-8-16-20-13-6-1-2-7-14(13)21-16)23-18-22-15(11-25-18)12-5-3-4-10-19-12/h1-7,10-11H,8-9H2,(H,20,21)(H,22,23,24). The van der Waals surface area contributed by atoms with Gasteiger partial charge in [0.25, 0.3) is 0 Å². The van der Waals surface area contributed by atoms with Crippen LogP contribution < -0.4 is 5.32 Å². The summed E-state index contributed by atoms with van der Waals surface area (Å²) in [6.07, 6.45) is 2.62. The highest BCUT2D eigenvalue weighted by Gasteiger charge is 2.10. The van der Waals surface area contributed by atoms with E-state index in [1.54, 1.807) is 6.20 Å². The molecular weight excluding hydrogens is 334 g/mol. The number of fused-ring (bicyclic) bond motifs is 1. The second-order valence-electron chi connectivity index (χ2n) is 5.50. The summed E-state index contributed by atoms with van der Waals surface area (Å²) in [6, 6.07) is 13.5. The van der Waals surface area contributed by atoms with Crippen LogP contribution in [-0.2, 0) is 11.2 Å².